The zero-order chi connectivity index (χ0) is 17.1. The van der Waals surface area contributed by atoms with E-state index in [9.17, 15) is 20.2 Å². The van der Waals surface area contributed by atoms with Gasteiger partial charge >= 0.3 is 11.4 Å². The first-order valence-electron chi connectivity index (χ1n) is 5.90. The van der Waals surface area contributed by atoms with E-state index in [1.807, 2.05) is 0 Å². The number of hydrogen-bond donors (Lipinski definition) is 2. The normalized spacial score (nSPS) is 10.2. The maximum absolute atomic E-state index is 11.1. The fourth-order valence-corrected chi connectivity index (χ4v) is 2.55. The van der Waals surface area contributed by atoms with Gasteiger partial charge in [-0.1, -0.05) is 29.3 Å². The summed E-state index contributed by atoms with van der Waals surface area (Å²) >= 11 is 14.8. The lowest BCUT2D eigenvalue weighted by molar-refractivity contribution is -0.384. The molecule has 2 N–H and O–H groups in total. The third-order valence-corrected chi connectivity index (χ3v) is 4.33. The second-order valence-corrected chi connectivity index (χ2v) is 5.80. The maximum Gasteiger partial charge on any atom is 0.313 e. The van der Waals surface area contributed by atoms with Crippen molar-refractivity contribution < 1.29 is 9.85 Å². The van der Waals surface area contributed by atoms with Gasteiger partial charge in [0.2, 0.25) is 0 Å². The van der Waals surface area contributed by atoms with Gasteiger partial charge in [0.1, 0.15) is 21.4 Å². The quantitative estimate of drug-likeness (QED) is 0.518. The summed E-state index contributed by atoms with van der Waals surface area (Å²) in [5.41, 5.74) is 4.44. The molecule has 0 aromatic heterocycles. The van der Waals surface area contributed by atoms with Crippen LogP contribution in [-0.2, 0) is 0 Å². The van der Waals surface area contributed by atoms with Crippen LogP contribution in [-0.4, -0.2) is 9.85 Å². The van der Waals surface area contributed by atoms with Crippen LogP contribution in [0.4, 0.5) is 22.7 Å². The highest BCUT2D eigenvalue weighted by molar-refractivity contribution is 9.10. The van der Waals surface area contributed by atoms with Gasteiger partial charge in [-0.25, -0.2) is 0 Å². The lowest BCUT2D eigenvalue weighted by Gasteiger charge is -2.12. The van der Waals surface area contributed by atoms with E-state index in [1.54, 1.807) is 0 Å². The van der Waals surface area contributed by atoms with Gasteiger partial charge in [-0.2, -0.15) is 0 Å². The number of benzene rings is 2. The number of rotatable bonds is 5. The third kappa shape index (κ3) is 3.63. The van der Waals surface area contributed by atoms with E-state index >= 15 is 0 Å². The highest BCUT2D eigenvalue weighted by Gasteiger charge is 2.23. The van der Waals surface area contributed by atoms with Crippen molar-refractivity contribution >= 4 is 61.9 Å². The van der Waals surface area contributed by atoms with E-state index in [2.05, 4.69) is 26.8 Å². The van der Waals surface area contributed by atoms with Crippen molar-refractivity contribution in [3.63, 3.8) is 0 Å². The number of para-hydroxylation sites is 1. The summed E-state index contributed by atoms with van der Waals surface area (Å²) in [5.74, 6) is 0. The topological polar surface area (TPSA) is 110 Å². The monoisotopic (exact) mass is 420 g/mol. The van der Waals surface area contributed by atoms with Gasteiger partial charge in [0, 0.05) is 4.47 Å². The van der Waals surface area contributed by atoms with Crippen molar-refractivity contribution in [2.45, 2.75) is 0 Å². The molecular weight excluding hydrogens is 415 g/mol. The summed E-state index contributed by atoms with van der Waals surface area (Å²) in [4.78, 5) is 20.9. The third-order valence-electron chi connectivity index (χ3n) is 2.75. The Bertz CT molecular complexity index is 803. The van der Waals surface area contributed by atoms with Crippen LogP contribution in [0.3, 0.4) is 0 Å². The summed E-state index contributed by atoms with van der Waals surface area (Å²) in [7, 11) is 0. The Morgan fingerprint density at radius 3 is 2.04 bits per heavy atom. The Hall–Kier alpha value is -2.10. The smallest absolute Gasteiger partial charge is 0.294 e. The Morgan fingerprint density at radius 2 is 1.48 bits per heavy atom. The second-order valence-electron chi connectivity index (χ2n) is 4.16. The van der Waals surface area contributed by atoms with Crippen LogP contribution in [0.15, 0.2) is 34.8 Å². The van der Waals surface area contributed by atoms with Gasteiger partial charge < -0.3 is 0 Å². The van der Waals surface area contributed by atoms with Gasteiger partial charge in [0.05, 0.1) is 9.85 Å². The van der Waals surface area contributed by atoms with Crippen LogP contribution >= 0.6 is 39.1 Å². The molecule has 0 fully saturated rings. The number of nitro groups is 2. The van der Waals surface area contributed by atoms with Crippen molar-refractivity contribution in [2.24, 2.45) is 0 Å². The summed E-state index contributed by atoms with van der Waals surface area (Å²) in [6, 6.07) is 7.18. The minimum absolute atomic E-state index is 0.0393. The zero-order valence-electron chi connectivity index (χ0n) is 11.0. The van der Waals surface area contributed by atoms with E-state index < -0.39 is 9.85 Å². The molecule has 0 saturated carbocycles. The Balaban J connectivity index is 2.36. The van der Waals surface area contributed by atoms with E-state index in [-0.39, 0.29) is 32.8 Å². The van der Waals surface area contributed by atoms with Gasteiger partial charge in [-0.3, -0.25) is 31.1 Å². The number of hydrogen-bond acceptors (Lipinski definition) is 6. The summed E-state index contributed by atoms with van der Waals surface area (Å²) in [6.07, 6.45) is 0. The molecular formula is C12H7BrCl2N4O4. The van der Waals surface area contributed by atoms with Crippen LogP contribution in [0.1, 0.15) is 0 Å². The predicted octanol–water partition coefficient (Wildman–Crippen LogP) is 5.01. The van der Waals surface area contributed by atoms with Crippen LogP contribution in [0.5, 0.6) is 0 Å². The standard InChI is InChI=1S/C12H7BrCl2N4O4/c13-6-4-5-9(12(10(6)15)19(22)23)17-16-8-3-1-2-7(14)11(8)18(20)21/h1-5,16-17H. The summed E-state index contributed by atoms with van der Waals surface area (Å²) < 4.78 is 0.352. The number of hydrazine groups is 1. The molecule has 0 aliphatic heterocycles. The van der Waals surface area contributed by atoms with Crippen LogP contribution in [0, 0.1) is 20.2 Å². The van der Waals surface area contributed by atoms with Crippen molar-refractivity contribution in [1.82, 2.24) is 0 Å². The molecule has 11 heteroatoms. The first-order valence-corrected chi connectivity index (χ1v) is 7.45. The molecule has 120 valence electrons. The number of anilines is 2. The summed E-state index contributed by atoms with van der Waals surface area (Å²) in [6.45, 7) is 0. The largest absolute Gasteiger partial charge is 0.313 e. The average Bonchev–Trinajstić information content (AvgIpc) is 2.47. The first kappa shape index (κ1) is 17.3. The van der Waals surface area contributed by atoms with E-state index in [0.717, 1.165) is 0 Å². The molecule has 0 atom stereocenters. The van der Waals surface area contributed by atoms with Gasteiger partial charge in [-0.15, -0.1) is 0 Å². The van der Waals surface area contributed by atoms with Gasteiger partial charge in [-0.05, 0) is 40.2 Å². The lowest BCUT2D eigenvalue weighted by atomic mass is 10.2. The van der Waals surface area contributed by atoms with Crippen molar-refractivity contribution in [3.8, 4) is 0 Å². The number of halogens is 3. The van der Waals surface area contributed by atoms with E-state index in [1.165, 1.54) is 30.3 Å². The Kier molecular flexibility index (Phi) is 5.24. The highest BCUT2D eigenvalue weighted by atomic mass is 79.9. The predicted molar refractivity (Wildman–Crippen MR) is 91.2 cm³/mol. The van der Waals surface area contributed by atoms with Crippen molar-refractivity contribution in [1.29, 1.82) is 0 Å². The molecule has 0 spiro atoms. The molecule has 0 radical (unpaired) electrons. The number of nitro benzene ring substituents is 2. The van der Waals surface area contributed by atoms with Crippen molar-refractivity contribution in [2.75, 3.05) is 10.9 Å². The SMILES string of the molecule is O=[N+]([O-])c1c(Cl)cccc1NNc1ccc(Br)c(Cl)c1[N+](=O)[O-]. The van der Waals surface area contributed by atoms with Crippen LogP contribution in [0.2, 0.25) is 10.0 Å². The second kappa shape index (κ2) is 6.99. The lowest BCUT2D eigenvalue weighted by Crippen LogP contribution is -2.12. The average molecular weight is 422 g/mol. The van der Waals surface area contributed by atoms with Crippen LogP contribution in [0.25, 0.3) is 0 Å². The molecule has 23 heavy (non-hydrogen) atoms. The molecule has 0 aliphatic carbocycles. The van der Waals surface area contributed by atoms with Crippen molar-refractivity contribution in [3.05, 3.63) is 65.1 Å². The molecule has 0 heterocycles. The number of nitrogens with one attached hydrogen (secondary N) is 2. The summed E-state index contributed by atoms with van der Waals surface area (Å²) in [5, 5.41) is 22.0. The molecule has 2 aromatic rings. The van der Waals surface area contributed by atoms with Crippen LogP contribution < -0.4 is 10.9 Å². The fourth-order valence-electron chi connectivity index (χ4n) is 1.76. The van der Waals surface area contributed by atoms with Gasteiger partial charge in [0.25, 0.3) is 0 Å². The van der Waals surface area contributed by atoms with Gasteiger partial charge in [0.15, 0.2) is 0 Å². The first-order chi connectivity index (χ1) is 10.8. The maximum atomic E-state index is 11.1. The molecule has 2 aromatic carbocycles. The molecule has 2 rings (SSSR count). The molecule has 0 aliphatic rings. The molecule has 0 amide bonds. The Morgan fingerprint density at radius 1 is 0.913 bits per heavy atom. The Labute approximate surface area is 147 Å². The number of nitrogens with zero attached hydrogens (tertiary/aromatic N) is 2. The van der Waals surface area contributed by atoms with E-state index in [4.69, 9.17) is 23.2 Å². The minimum Gasteiger partial charge on any atom is -0.294 e. The fraction of sp³-hybridized carbons (Fsp3) is 0. The highest BCUT2D eigenvalue weighted by Crippen LogP contribution is 2.38. The molecule has 0 saturated heterocycles. The molecule has 8 nitrogen and oxygen atoms in total. The molecule has 0 bridgehead atoms. The molecule has 0 unspecified atom stereocenters. The van der Waals surface area contributed by atoms with E-state index in [0.29, 0.717) is 4.47 Å². The minimum atomic E-state index is -0.663. The zero-order valence-corrected chi connectivity index (χ0v) is 14.1.